The zero-order valence-corrected chi connectivity index (χ0v) is 14.2. The van der Waals surface area contributed by atoms with Crippen LogP contribution in [0.4, 0.5) is 5.69 Å². The van der Waals surface area contributed by atoms with Crippen LogP contribution < -0.4 is 0 Å². The van der Waals surface area contributed by atoms with Gasteiger partial charge in [0.25, 0.3) is 5.69 Å². The van der Waals surface area contributed by atoms with Crippen molar-refractivity contribution < 1.29 is 4.92 Å². The average Bonchev–Trinajstić information content (AvgIpc) is 2.51. The Bertz CT molecular complexity index is 655. The molecule has 3 atom stereocenters. The smallest absolute Gasteiger partial charge is 0.258 e. The lowest BCUT2D eigenvalue weighted by Gasteiger charge is -2.48. The van der Waals surface area contributed by atoms with Gasteiger partial charge in [-0.3, -0.25) is 10.1 Å². The molecule has 0 aromatic heterocycles. The highest BCUT2D eigenvalue weighted by atomic mass is 16.6. The fraction of sp³-hybridized carbons (Fsp3) is 0.500. The van der Waals surface area contributed by atoms with E-state index in [0.29, 0.717) is 17.3 Å². The van der Waals surface area contributed by atoms with Crippen molar-refractivity contribution in [3.8, 4) is 0 Å². The van der Waals surface area contributed by atoms with E-state index < -0.39 is 0 Å². The van der Waals surface area contributed by atoms with Crippen molar-refractivity contribution in [3.63, 3.8) is 0 Å². The van der Waals surface area contributed by atoms with Crippen LogP contribution in [0.1, 0.15) is 45.6 Å². The van der Waals surface area contributed by atoms with Gasteiger partial charge >= 0.3 is 0 Å². The average molecular weight is 311 g/mol. The van der Waals surface area contributed by atoms with E-state index >= 15 is 0 Å². The van der Waals surface area contributed by atoms with Gasteiger partial charge in [0.2, 0.25) is 0 Å². The summed E-state index contributed by atoms with van der Waals surface area (Å²) in [5, 5.41) is 10.7. The fourth-order valence-corrected chi connectivity index (χ4v) is 4.28. The van der Waals surface area contributed by atoms with Crippen molar-refractivity contribution in [2.75, 3.05) is 0 Å². The molecule has 0 amide bonds. The molecule has 0 unspecified atom stereocenters. The molecular weight excluding hydrogens is 286 g/mol. The van der Waals surface area contributed by atoms with E-state index in [4.69, 9.17) is 0 Å². The lowest BCUT2D eigenvalue weighted by molar-refractivity contribution is -0.384. The number of fused-ring (bicyclic) bond motifs is 2. The first-order valence-corrected chi connectivity index (χ1v) is 8.46. The largest absolute Gasteiger partial charge is 0.269 e. The Morgan fingerprint density at radius 3 is 2.61 bits per heavy atom. The molecule has 1 fully saturated rings. The monoisotopic (exact) mass is 311 g/mol. The van der Waals surface area contributed by atoms with E-state index in [1.54, 1.807) is 12.1 Å². The first kappa shape index (κ1) is 16.0. The summed E-state index contributed by atoms with van der Waals surface area (Å²) in [4.78, 5) is 10.4. The summed E-state index contributed by atoms with van der Waals surface area (Å²) >= 11 is 0. The van der Waals surface area contributed by atoms with Crippen LogP contribution in [0.2, 0.25) is 0 Å². The third-order valence-electron chi connectivity index (χ3n) is 5.87. The van der Waals surface area contributed by atoms with Crippen molar-refractivity contribution >= 4 is 11.8 Å². The fourth-order valence-electron chi connectivity index (χ4n) is 4.28. The van der Waals surface area contributed by atoms with Crippen LogP contribution >= 0.6 is 0 Å². The maximum atomic E-state index is 10.7. The molecule has 2 aliphatic carbocycles. The Morgan fingerprint density at radius 1 is 1.26 bits per heavy atom. The highest BCUT2D eigenvalue weighted by Gasteiger charge is 2.42. The van der Waals surface area contributed by atoms with Gasteiger partial charge in [-0.2, -0.15) is 0 Å². The summed E-state index contributed by atoms with van der Waals surface area (Å²) in [6, 6.07) is 6.81. The molecule has 3 heteroatoms. The summed E-state index contributed by atoms with van der Waals surface area (Å²) < 4.78 is 0. The number of benzene rings is 1. The van der Waals surface area contributed by atoms with Crippen molar-refractivity contribution in [2.45, 2.75) is 40.0 Å². The van der Waals surface area contributed by atoms with Gasteiger partial charge in [-0.05, 0) is 67.1 Å². The van der Waals surface area contributed by atoms with Gasteiger partial charge < -0.3 is 0 Å². The van der Waals surface area contributed by atoms with E-state index in [1.807, 2.05) is 12.1 Å². The second kappa shape index (κ2) is 5.95. The predicted octanol–water partition coefficient (Wildman–Crippen LogP) is 5.63. The van der Waals surface area contributed by atoms with Crippen LogP contribution in [0.3, 0.4) is 0 Å². The lowest BCUT2D eigenvalue weighted by atomic mass is 9.56. The third-order valence-corrected chi connectivity index (χ3v) is 5.87. The summed E-state index contributed by atoms with van der Waals surface area (Å²) in [6.07, 6.45) is 10.6. The lowest BCUT2D eigenvalue weighted by Crippen LogP contribution is -2.39. The van der Waals surface area contributed by atoms with E-state index in [1.165, 1.54) is 24.8 Å². The maximum absolute atomic E-state index is 10.7. The molecule has 1 aromatic rings. The van der Waals surface area contributed by atoms with E-state index in [0.717, 1.165) is 11.5 Å². The minimum Gasteiger partial charge on any atom is -0.258 e. The van der Waals surface area contributed by atoms with Crippen molar-refractivity contribution in [3.05, 3.63) is 57.7 Å². The Hall–Kier alpha value is -1.90. The first-order valence-electron chi connectivity index (χ1n) is 8.46. The molecule has 0 radical (unpaired) electrons. The van der Waals surface area contributed by atoms with E-state index in [9.17, 15) is 10.1 Å². The summed E-state index contributed by atoms with van der Waals surface area (Å²) in [5.74, 6) is 2.03. The molecule has 0 aliphatic heterocycles. The normalized spacial score (nSPS) is 29.3. The zero-order chi connectivity index (χ0) is 16.6. The van der Waals surface area contributed by atoms with Gasteiger partial charge in [0, 0.05) is 12.1 Å². The van der Waals surface area contributed by atoms with Crippen LogP contribution in [0.5, 0.6) is 0 Å². The van der Waals surface area contributed by atoms with E-state index in [-0.39, 0.29) is 10.6 Å². The molecular formula is C20H25NO2. The van der Waals surface area contributed by atoms with Crippen LogP contribution in [0, 0.1) is 33.3 Å². The molecule has 23 heavy (non-hydrogen) atoms. The molecule has 0 saturated heterocycles. The van der Waals surface area contributed by atoms with Gasteiger partial charge in [-0.25, -0.2) is 0 Å². The highest BCUT2D eigenvalue weighted by molar-refractivity contribution is 5.52. The molecule has 0 spiro atoms. The molecule has 2 aliphatic rings. The molecule has 3 rings (SSSR count). The number of hydrogen-bond donors (Lipinski definition) is 0. The van der Waals surface area contributed by atoms with Gasteiger partial charge in [-0.1, -0.05) is 37.6 Å². The Balaban J connectivity index is 1.79. The second-order valence-corrected chi connectivity index (χ2v) is 7.79. The quantitative estimate of drug-likeness (QED) is 0.412. The molecule has 1 aromatic carbocycles. The standard InChI is InChI=1S/C20H25NO2/c1-14-4-9-17-12-19(14)16(13-20(17,2)3)8-5-15-6-10-18(11-7-15)21(22)23/h4-8,10-11,16-17,19H,9,12-13H2,1-3H3/b8-5+/t16-,17+,19+/m1/s1. The summed E-state index contributed by atoms with van der Waals surface area (Å²) in [6.45, 7) is 7.07. The zero-order valence-electron chi connectivity index (χ0n) is 14.2. The molecule has 0 N–H and O–H groups in total. The Labute approximate surface area is 138 Å². The number of nitrogens with zero attached hydrogens (tertiary/aromatic N) is 1. The van der Waals surface area contributed by atoms with Crippen molar-refractivity contribution in [1.82, 2.24) is 0 Å². The van der Waals surface area contributed by atoms with Crippen LogP contribution in [-0.4, -0.2) is 4.92 Å². The first-order chi connectivity index (χ1) is 10.9. The molecule has 2 bridgehead atoms. The maximum Gasteiger partial charge on any atom is 0.269 e. The van der Waals surface area contributed by atoms with Crippen LogP contribution in [0.25, 0.3) is 6.08 Å². The number of hydrogen-bond acceptors (Lipinski definition) is 2. The summed E-state index contributed by atoms with van der Waals surface area (Å²) in [7, 11) is 0. The van der Waals surface area contributed by atoms with Crippen molar-refractivity contribution in [1.29, 1.82) is 0 Å². The van der Waals surface area contributed by atoms with Gasteiger partial charge in [0.1, 0.15) is 0 Å². The van der Waals surface area contributed by atoms with Gasteiger partial charge in [0.15, 0.2) is 0 Å². The predicted molar refractivity (Wildman–Crippen MR) is 94.0 cm³/mol. The number of rotatable bonds is 3. The van der Waals surface area contributed by atoms with Gasteiger partial charge in [0.05, 0.1) is 4.92 Å². The molecule has 122 valence electrons. The minimum absolute atomic E-state index is 0.148. The highest BCUT2D eigenvalue weighted by Crippen LogP contribution is 2.52. The molecule has 3 nitrogen and oxygen atoms in total. The molecule has 1 saturated carbocycles. The third kappa shape index (κ3) is 3.24. The SMILES string of the molecule is CC1=CC[C@H]2C[C@@H]1[C@H](/C=C/c1ccc([N+](=O)[O-])cc1)CC2(C)C. The van der Waals surface area contributed by atoms with Gasteiger partial charge in [-0.15, -0.1) is 0 Å². The number of nitro benzene ring substituents is 1. The van der Waals surface area contributed by atoms with Crippen molar-refractivity contribution in [2.24, 2.45) is 23.2 Å². The van der Waals surface area contributed by atoms with Crippen LogP contribution in [0.15, 0.2) is 42.0 Å². The number of non-ortho nitro benzene ring substituents is 1. The minimum atomic E-state index is -0.354. The second-order valence-electron chi connectivity index (χ2n) is 7.79. The number of allylic oxidation sites excluding steroid dienone is 3. The Morgan fingerprint density at radius 2 is 1.96 bits per heavy atom. The summed E-state index contributed by atoms with van der Waals surface area (Å²) in [5.41, 5.74) is 3.11. The number of nitro groups is 1. The Kier molecular flexibility index (Phi) is 4.13. The topological polar surface area (TPSA) is 43.1 Å². The van der Waals surface area contributed by atoms with Crippen LogP contribution in [-0.2, 0) is 0 Å². The van der Waals surface area contributed by atoms with E-state index in [2.05, 4.69) is 39.0 Å². The molecule has 0 heterocycles.